The Kier molecular flexibility index (Phi) is 4.45. The van der Waals surface area contributed by atoms with Gasteiger partial charge in [-0.05, 0) is 44.4 Å². The Morgan fingerprint density at radius 1 is 1.17 bits per heavy atom. The normalized spacial score (nSPS) is 16.9. The molecule has 0 saturated heterocycles. The molecule has 0 unspecified atom stereocenters. The van der Waals surface area contributed by atoms with Gasteiger partial charge in [-0.1, -0.05) is 19.3 Å². The molecule has 29 heavy (non-hydrogen) atoms. The second kappa shape index (κ2) is 7.13. The van der Waals surface area contributed by atoms with Gasteiger partial charge in [-0.3, -0.25) is 18.8 Å². The number of rotatable bonds is 3. The summed E-state index contributed by atoms with van der Waals surface area (Å²) >= 11 is 0. The van der Waals surface area contributed by atoms with Gasteiger partial charge >= 0.3 is 0 Å². The fourth-order valence-electron chi connectivity index (χ4n) is 4.70. The van der Waals surface area contributed by atoms with Crippen LogP contribution in [0.3, 0.4) is 0 Å². The summed E-state index contributed by atoms with van der Waals surface area (Å²) in [4.78, 5) is 30.2. The zero-order valence-corrected chi connectivity index (χ0v) is 16.6. The summed E-state index contributed by atoms with van der Waals surface area (Å²) < 4.78 is 3.75. The highest BCUT2D eigenvalue weighted by Crippen LogP contribution is 2.29. The van der Waals surface area contributed by atoms with Gasteiger partial charge in [-0.25, -0.2) is 4.98 Å². The first kappa shape index (κ1) is 18.1. The summed E-state index contributed by atoms with van der Waals surface area (Å²) in [6.45, 7) is 2.67. The van der Waals surface area contributed by atoms with Crippen molar-refractivity contribution >= 4 is 22.5 Å². The number of nitrogens with zero attached hydrogens (tertiary/aromatic N) is 4. The molecule has 150 valence electrons. The van der Waals surface area contributed by atoms with Crippen LogP contribution in [-0.2, 0) is 13.0 Å². The first-order chi connectivity index (χ1) is 14.1. The minimum atomic E-state index is -0.196. The van der Waals surface area contributed by atoms with Crippen LogP contribution in [0.1, 0.15) is 66.4 Å². The van der Waals surface area contributed by atoms with Crippen molar-refractivity contribution in [1.82, 2.24) is 19.3 Å². The van der Waals surface area contributed by atoms with Crippen LogP contribution in [0.15, 0.2) is 29.2 Å². The minimum Gasteiger partial charge on any atom is -0.322 e. The van der Waals surface area contributed by atoms with Crippen LogP contribution in [-0.4, -0.2) is 25.2 Å². The van der Waals surface area contributed by atoms with Crippen molar-refractivity contribution in [2.45, 2.75) is 64.5 Å². The van der Waals surface area contributed by atoms with Gasteiger partial charge in [-0.15, -0.1) is 0 Å². The number of anilines is 1. The summed E-state index contributed by atoms with van der Waals surface area (Å²) in [6, 6.07) is 5.73. The number of hydrogen-bond donors (Lipinski definition) is 1. The van der Waals surface area contributed by atoms with Crippen molar-refractivity contribution in [1.29, 1.82) is 0 Å². The number of aryl methyl sites for hydroxylation is 1. The Balaban J connectivity index is 1.42. The molecule has 1 aliphatic heterocycles. The van der Waals surface area contributed by atoms with E-state index in [1.165, 1.54) is 19.3 Å². The molecule has 7 nitrogen and oxygen atoms in total. The van der Waals surface area contributed by atoms with E-state index in [0.717, 1.165) is 37.2 Å². The number of hydrogen-bond acceptors (Lipinski definition) is 4. The topological polar surface area (TPSA) is 81.8 Å². The third-order valence-corrected chi connectivity index (χ3v) is 6.28. The van der Waals surface area contributed by atoms with Crippen LogP contribution in [0.2, 0.25) is 0 Å². The van der Waals surface area contributed by atoms with Crippen molar-refractivity contribution in [3.05, 3.63) is 51.8 Å². The molecule has 1 aliphatic carbocycles. The average Bonchev–Trinajstić information content (AvgIpc) is 3.36. The van der Waals surface area contributed by atoms with E-state index < -0.39 is 0 Å². The predicted octanol–water partition coefficient (Wildman–Crippen LogP) is 3.61. The molecule has 0 spiro atoms. The molecular weight excluding hydrogens is 366 g/mol. The number of amides is 1. The molecular formula is C22H25N5O2. The maximum absolute atomic E-state index is 12.9. The lowest BCUT2D eigenvalue weighted by atomic mass is 9.95. The quantitative estimate of drug-likeness (QED) is 0.739. The number of nitrogens with one attached hydrogen (secondary N) is 1. The summed E-state index contributed by atoms with van der Waals surface area (Å²) in [5.74, 6) is 0.656. The fraction of sp³-hybridized carbons (Fsp3) is 0.455. The largest absolute Gasteiger partial charge is 0.322 e. The van der Waals surface area contributed by atoms with Gasteiger partial charge in [0.25, 0.3) is 11.5 Å². The smallest absolute Gasteiger partial charge is 0.261 e. The molecule has 2 aliphatic rings. The van der Waals surface area contributed by atoms with Crippen LogP contribution in [0.4, 0.5) is 5.69 Å². The standard InChI is InChI=1S/C22H25N5O2/c1-14-18(13-23-27(14)16-6-3-2-4-7-16)21(28)24-15-9-10-19-17(12-15)22(29)26-11-5-8-20(26)25-19/h9-10,12-13,16H,2-8,11H2,1H3,(H,24,28). The van der Waals surface area contributed by atoms with E-state index in [-0.39, 0.29) is 11.5 Å². The molecule has 0 bridgehead atoms. The van der Waals surface area contributed by atoms with Crippen LogP contribution in [0.25, 0.3) is 10.9 Å². The van der Waals surface area contributed by atoms with Crippen LogP contribution in [0, 0.1) is 6.92 Å². The zero-order chi connectivity index (χ0) is 20.0. The molecule has 0 atom stereocenters. The Hall–Kier alpha value is -2.96. The number of carbonyl (C=O) groups excluding carboxylic acids is 1. The fourth-order valence-corrected chi connectivity index (χ4v) is 4.70. The minimum absolute atomic E-state index is 0.0279. The predicted molar refractivity (Wildman–Crippen MR) is 111 cm³/mol. The second-order valence-electron chi connectivity index (χ2n) is 8.15. The molecule has 1 saturated carbocycles. The molecule has 3 aromatic rings. The lowest BCUT2D eigenvalue weighted by Gasteiger charge is -2.23. The van der Waals surface area contributed by atoms with Gasteiger partial charge in [0.2, 0.25) is 0 Å². The van der Waals surface area contributed by atoms with E-state index in [1.54, 1.807) is 22.9 Å². The molecule has 7 heteroatoms. The summed E-state index contributed by atoms with van der Waals surface area (Å²) in [5, 5.41) is 7.98. The van der Waals surface area contributed by atoms with Gasteiger partial charge in [0.05, 0.1) is 28.7 Å². The summed E-state index contributed by atoms with van der Waals surface area (Å²) in [5.41, 5.74) is 2.74. The van der Waals surface area contributed by atoms with Crippen molar-refractivity contribution in [2.75, 3.05) is 5.32 Å². The number of fused-ring (bicyclic) bond motifs is 2. The Morgan fingerprint density at radius 2 is 2.00 bits per heavy atom. The third kappa shape index (κ3) is 3.14. The van der Waals surface area contributed by atoms with Crippen molar-refractivity contribution in [2.24, 2.45) is 0 Å². The monoisotopic (exact) mass is 391 g/mol. The van der Waals surface area contributed by atoms with Crippen molar-refractivity contribution < 1.29 is 4.79 Å². The van der Waals surface area contributed by atoms with Gasteiger partial charge in [0.15, 0.2) is 0 Å². The van der Waals surface area contributed by atoms with E-state index in [9.17, 15) is 9.59 Å². The van der Waals surface area contributed by atoms with Gasteiger partial charge < -0.3 is 5.32 Å². The van der Waals surface area contributed by atoms with E-state index in [0.29, 0.717) is 34.7 Å². The highest BCUT2D eigenvalue weighted by Gasteiger charge is 2.22. The Bertz CT molecular complexity index is 1150. The summed E-state index contributed by atoms with van der Waals surface area (Å²) in [6.07, 6.45) is 9.41. The van der Waals surface area contributed by atoms with E-state index in [4.69, 9.17) is 0 Å². The highest BCUT2D eigenvalue weighted by molar-refractivity contribution is 6.05. The SMILES string of the molecule is Cc1c(C(=O)Nc2ccc3nc4n(c(=O)c3c2)CCC4)cnn1C1CCCCC1. The molecule has 1 amide bonds. The molecule has 1 fully saturated rings. The van der Waals surface area contributed by atoms with E-state index in [2.05, 4.69) is 15.4 Å². The number of benzene rings is 1. The zero-order valence-electron chi connectivity index (χ0n) is 16.6. The van der Waals surface area contributed by atoms with Gasteiger partial charge in [0, 0.05) is 24.3 Å². The first-order valence-electron chi connectivity index (χ1n) is 10.5. The van der Waals surface area contributed by atoms with Crippen molar-refractivity contribution in [3.8, 4) is 0 Å². The molecule has 1 aromatic carbocycles. The molecule has 0 radical (unpaired) electrons. The van der Waals surface area contributed by atoms with Gasteiger partial charge in [0.1, 0.15) is 5.82 Å². The average molecular weight is 391 g/mol. The lowest BCUT2D eigenvalue weighted by molar-refractivity contribution is 0.102. The number of carbonyl (C=O) groups is 1. The van der Waals surface area contributed by atoms with Crippen LogP contribution < -0.4 is 10.9 Å². The molecule has 2 aromatic heterocycles. The second-order valence-corrected chi connectivity index (χ2v) is 8.15. The van der Waals surface area contributed by atoms with Crippen molar-refractivity contribution in [3.63, 3.8) is 0 Å². The molecule has 1 N–H and O–H groups in total. The highest BCUT2D eigenvalue weighted by atomic mass is 16.1. The molecule has 3 heterocycles. The lowest BCUT2D eigenvalue weighted by Crippen LogP contribution is -2.21. The first-order valence-corrected chi connectivity index (χ1v) is 10.5. The van der Waals surface area contributed by atoms with Gasteiger partial charge in [-0.2, -0.15) is 5.10 Å². The van der Waals surface area contributed by atoms with Crippen LogP contribution in [0.5, 0.6) is 0 Å². The van der Waals surface area contributed by atoms with E-state index >= 15 is 0 Å². The number of aromatic nitrogens is 4. The maximum atomic E-state index is 12.9. The Morgan fingerprint density at radius 3 is 2.83 bits per heavy atom. The summed E-state index contributed by atoms with van der Waals surface area (Å²) in [7, 11) is 0. The Labute approximate surface area is 168 Å². The van der Waals surface area contributed by atoms with Crippen LogP contribution >= 0.6 is 0 Å². The van der Waals surface area contributed by atoms with E-state index in [1.807, 2.05) is 17.7 Å². The third-order valence-electron chi connectivity index (χ3n) is 6.28. The molecule has 5 rings (SSSR count). The maximum Gasteiger partial charge on any atom is 0.261 e.